The van der Waals surface area contributed by atoms with Crippen LogP contribution in [0.1, 0.15) is 26.2 Å². The predicted molar refractivity (Wildman–Crippen MR) is 35.0 cm³/mol. The molecule has 9 heavy (non-hydrogen) atoms. The Morgan fingerprint density at radius 2 is 2.33 bits per heavy atom. The molecule has 0 aliphatic heterocycles. The van der Waals surface area contributed by atoms with E-state index in [1.54, 1.807) is 0 Å². The number of carbonyl (C=O) groups excluding carboxylic acids is 1. The summed E-state index contributed by atoms with van der Waals surface area (Å²) in [6.07, 6.45) is 3.38. The van der Waals surface area contributed by atoms with Crippen molar-refractivity contribution in [1.82, 2.24) is 0 Å². The maximum absolute atomic E-state index is 11.0. The Kier molecular flexibility index (Phi) is 0.961. The van der Waals surface area contributed by atoms with Crippen LogP contribution in [0.3, 0.4) is 0 Å². The largest absolute Gasteiger partial charge is 0.299 e. The minimum Gasteiger partial charge on any atom is -0.299 e. The van der Waals surface area contributed by atoms with E-state index in [2.05, 4.69) is 6.92 Å². The first-order chi connectivity index (χ1) is 4.29. The first kappa shape index (κ1) is 5.45. The molecule has 0 aromatic heterocycles. The lowest BCUT2D eigenvalue weighted by Gasteiger charge is -2.36. The number of Topliss-reactive ketones (excluding diaryl/α,β-unsaturated/α-hetero) is 1. The van der Waals surface area contributed by atoms with Gasteiger partial charge in [-0.1, -0.05) is 6.92 Å². The summed E-state index contributed by atoms with van der Waals surface area (Å²) in [5.41, 5.74) is 0. The first-order valence-corrected chi connectivity index (χ1v) is 3.82. The van der Waals surface area contributed by atoms with Crippen molar-refractivity contribution in [3.63, 3.8) is 0 Å². The summed E-state index contributed by atoms with van der Waals surface area (Å²) in [5.74, 6) is 2.54. The lowest BCUT2D eigenvalue weighted by Crippen LogP contribution is -2.34. The number of hydrogen-bond donors (Lipinski definition) is 0. The third-order valence-electron chi connectivity index (χ3n) is 2.93. The summed E-state index contributed by atoms with van der Waals surface area (Å²) >= 11 is 0. The van der Waals surface area contributed by atoms with E-state index in [1.165, 1.54) is 12.8 Å². The third kappa shape index (κ3) is 0.577. The monoisotopic (exact) mass is 124 g/mol. The fourth-order valence-corrected chi connectivity index (χ4v) is 2.41. The van der Waals surface area contributed by atoms with E-state index in [-0.39, 0.29) is 0 Å². The zero-order valence-electron chi connectivity index (χ0n) is 5.76. The highest BCUT2D eigenvalue weighted by molar-refractivity contribution is 5.84. The molecule has 1 nitrogen and oxygen atoms in total. The van der Waals surface area contributed by atoms with Crippen LogP contribution < -0.4 is 0 Å². The van der Waals surface area contributed by atoms with Crippen LogP contribution in [0.25, 0.3) is 0 Å². The lowest BCUT2D eigenvalue weighted by atomic mass is 9.67. The molecule has 2 saturated carbocycles. The molecule has 0 bridgehead atoms. The number of hydrogen-bond acceptors (Lipinski definition) is 1. The number of rotatable bonds is 0. The lowest BCUT2D eigenvalue weighted by molar-refractivity contribution is -0.125. The minimum atomic E-state index is 0.491. The molecule has 2 aliphatic rings. The highest BCUT2D eigenvalue weighted by Gasteiger charge is 2.46. The van der Waals surface area contributed by atoms with E-state index in [0.717, 1.165) is 12.3 Å². The molecule has 0 aromatic carbocycles. The van der Waals surface area contributed by atoms with E-state index < -0.39 is 0 Å². The van der Waals surface area contributed by atoms with Gasteiger partial charge in [-0.2, -0.15) is 0 Å². The molecule has 0 amide bonds. The SMILES string of the molecule is C[C@@H]1C[C@@H]2CCC(=O)[C@@H]21. The fourth-order valence-electron chi connectivity index (χ4n) is 2.41. The fraction of sp³-hybridized carbons (Fsp3) is 0.875. The van der Waals surface area contributed by atoms with Gasteiger partial charge in [-0.25, -0.2) is 0 Å². The average Bonchev–Trinajstić information content (AvgIpc) is 2.04. The molecule has 2 aliphatic carbocycles. The summed E-state index contributed by atoms with van der Waals surface area (Å²) in [5, 5.41) is 0. The van der Waals surface area contributed by atoms with Gasteiger partial charge < -0.3 is 0 Å². The standard InChI is InChI=1S/C8H12O/c1-5-4-6-2-3-7(9)8(5)6/h5-6,8H,2-4H2,1H3/t5-,6+,8-/m1/s1. The Morgan fingerprint density at radius 3 is 2.78 bits per heavy atom. The molecule has 50 valence electrons. The van der Waals surface area contributed by atoms with Gasteiger partial charge in [0.25, 0.3) is 0 Å². The molecule has 3 atom stereocenters. The summed E-state index contributed by atoms with van der Waals surface area (Å²) in [6.45, 7) is 2.20. The summed E-state index contributed by atoms with van der Waals surface area (Å²) in [7, 11) is 0. The molecule has 2 fully saturated rings. The van der Waals surface area contributed by atoms with Crippen molar-refractivity contribution in [2.75, 3.05) is 0 Å². The second-order valence-corrected chi connectivity index (χ2v) is 3.50. The topological polar surface area (TPSA) is 17.1 Å². The minimum absolute atomic E-state index is 0.491. The van der Waals surface area contributed by atoms with Gasteiger partial charge in [-0.05, 0) is 24.7 Å². The van der Waals surface area contributed by atoms with E-state index >= 15 is 0 Å². The van der Waals surface area contributed by atoms with Crippen molar-refractivity contribution in [1.29, 1.82) is 0 Å². The normalized spacial score (nSPS) is 48.6. The maximum atomic E-state index is 11.0. The van der Waals surface area contributed by atoms with Crippen LogP contribution in [0, 0.1) is 17.8 Å². The van der Waals surface area contributed by atoms with Gasteiger partial charge >= 0.3 is 0 Å². The van der Waals surface area contributed by atoms with Crippen LogP contribution >= 0.6 is 0 Å². The second kappa shape index (κ2) is 1.59. The highest BCUT2D eigenvalue weighted by atomic mass is 16.1. The molecule has 1 heteroatoms. The van der Waals surface area contributed by atoms with Crippen molar-refractivity contribution >= 4 is 5.78 Å². The van der Waals surface area contributed by atoms with E-state index in [9.17, 15) is 4.79 Å². The molecule has 2 rings (SSSR count). The molecule has 0 N–H and O–H groups in total. The zero-order chi connectivity index (χ0) is 6.43. The maximum Gasteiger partial charge on any atom is 0.136 e. The van der Waals surface area contributed by atoms with Crippen molar-refractivity contribution < 1.29 is 4.79 Å². The van der Waals surface area contributed by atoms with Gasteiger partial charge in [0.05, 0.1) is 0 Å². The van der Waals surface area contributed by atoms with Crippen LogP contribution in [-0.2, 0) is 4.79 Å². The highest BCUT2D eigenvalue weighted by Crippen LogP contribution is 2.48. The molecular formula is C8H12O. The Bertz CT molecular complexity index is 151. The van der Waals surface area contributed by atoms with Crippen LogP contribution in [0.2, 0.25) is 0 Å². The smallest absolute Gasteiger partial charge is 0.136 e. The first-order valence-electron chi connectivity index (χ1n) is 3.82. The Hall–Kier alpha value is -0.330. The van der Waals surface area contributed by atoms with Gasteiger partial charge in [-0.3, -0.25) is 4.79 Å². The molecular weight excluding hydrogens is 112 g/mol. The molecule has 0 heterocycles. The zero-order valence-corrected chi connectivity index (χ0v) is 5.76. The predicted octanol–water partition coefficient (Wildman–Crippen LogP) is 1.62. The molecule has 0 radical (unpaired) electrons. The summed E-state index contributed by atoms with van der Waals surface area (Å²) < 4.78 is 0. The second-order valence-electron chi connectivity index (χ2n) is 3.50. The van der Waals surface area contributed by atoms with Gasteiger partial charge in [0.15, 0.2) is 0 Å². The quantitative estimate of drug-likeness (QED) is 0.479. The number of fused-ring (bicyclic) bond motifs is 1. The Morgan fingerprint density at radius 1 is 1.56 bits per heavy atom. The van der Waals surface area contributed by atoms with Crippen molar-refractivity contribution in [3.05, 3.63) is 0 Å². The van der Waals surface area contributed by atoms with Gasteiger partial charge in [0.1, 0.15) is 5.78 Å². The number of ketones is 1. The summed E-state index contributed by atoms with van der Waals surface area (Å²) in [4.78, 5) is 11.0. The van der Waals surface area contributed by atoms with Gasteiger partial charge in [0.2, 0.25) is 0 Å². The van der Waals surface area contributed by atoms with Crippen LogP contribution in [0.15, 0.2) is 0 Å². The molecule has 0 spiro atoms. The molecule has 0 saturated heterocycles. The summed E-state index contributed by atoms with van der Waals surface area (Å²) in [6, 6.07) is 0. The van der Waals surface area contributed by atoms with Crippen molar-refractivity contribution in [3.8, 4) is 0 Å². The van der Waals surface area contributed by atoms with Crippen molar-refractivity contribution in [2.45, 2.75) is 26.2 Å². The van der Waals surface area contributed by atoms with Crippen molar-refractivity contribution in [2.24, 2.45) is 17.8 Å². The van der Waals surface area contributed by atoms with E-state index in [1.807, 2.05) is 0 Å². The third-order valence-corrected chi connectivity index (χ3v) is 2.93. The Balaban J connectivity index is 2.14. The van der Waals surface area contributed by atoms with Gasteiger partial charge in [-0.15, -0.1) is 0 Å². The molecule has 0 unspecified atom stereocenters. The average molecular weight is 124 g/mol. The van der Waals surface area contributed by atoms with Gasteiger partial charge in [0, 0.05) is 12.3 Å². The van der Waals surface area contributed by atoms with Crippen LogP contribution in [-0.4, -0.2) is 5.78 Å². The van der Waals surface area contributed by atoms with E-state index in [0.29, 0.717) is 17.6 Å². The molecule has 0 aromatic rings. The Labute approximate surface area is 55.4 Å². The van der Waals surface area contributed by atoms with E-state index in [4.69, 9.17) is 0 Å². The van der Waals surface area contributed by atoms with Crippen LogP contribution in [0.4, 0.5) is 0 Å². The number of carbonyl (C=O) groups is 1. The van der Waals surface area contributed by atoms with Crippen LogP contribution in [0.5, 0.6) is 0 Å².